The van der Waals surface area contributed by atoms with Gasteiger partial charge in [0.2, 0.25) is 5.60 Å². The Morgan fingerprint density at radius 2 is 1.96 bits per heavy atom. The summed E-state index contributed by atoms with van der Waals surface area (Å²) in [4.78, 5) is 29.2. The monoisotopic (exact) mass is 354 g/mol. The maximum atomic E-state index is 12.7. The van der Waals surface area contributed by atoms with Crippen molar-refractivity contribution in [2.75, 3.05) is 0 Å². The molecule has 1 aromatic carbocycles. The van der Waals surface area contributed by atoms with E-state index in [9.17, 15) is 9.59 Å². The zero-order chi connectivity index (χ0) is 18.1. The fourth-order valence-electron chi connectivity index (χ4n) is 3.10. The molecule has 2 saturated carbocycles. The number of aromatic nitrogens is 2. The second-order valence-electron chi connectivity index (χ2n) is 7.11. The van der Waals surface area contributed by atoms with Crippen LogP contribution in [0.4, 0.5) is 0 Å². The van der Waals surface area contributed by atoms with Gasteiger partial charge in [0.15, 0.2) is 0 Å². The predicted molar refractivity (Wildman–Crippen MR) is 93.6 cm³/mol. The van der Waals surface area contributed by atoms with E-state index in [1.54, 1.807) is 10.9 Å². The van der Waals surface area contributed by atoms with Crippen molar-refractivity contribution in [3.05, 3.63) is 54.1 Å². The number of nitrogens with zero attached hydrogens (tertiary/aromatic N) is 2. The maximum absolute atomic E-state index is 12.7. The van der Waals surface area contributed by atoms with E-state index in [4.69, 9.17) is 9.47 Å². The Hall–Kier alpha value is -2.63. The number of carbonyl (C=O) groups excluding carboxylic acids is 2. The molecular formula is C20H22N2O4. The van der Waals surface area contributed by atoms with E-state index in [0.29, 0.717) is 18.5 Å². The predicted octanol–water partition coefficient (Wildman–Crippen LogP) is 3.28. The van der Waals surface area contributed by atoms with Crippen LogP contribution in [0.5, 0.6) is 0 Å². The van der Waals surface area contributed by atoms with E-state index in [1.165, 1.54) is 6.20 Å². The van der Waals surface area contributed by atoms with Gasteiger partial charge in [-0.2, -0.15) is 0 Å². The van der Waals surface area contributed by atoms with Crippen molar-refractivity contribution in [2.45, 2.75) is 56.8 Å². The number of hydrogen-bond donors (Lipinski definition) is 0. The van der Waals surface area contributed by atoms with Gasteiger partial charge in [-0.3, -0.25) is 0 Å². The summed E-state index contributed by atoms with van der Waals surface area (Å²) in [6.45, 7) is 1.99. The van der Waals surface area contributed by atoms with Gasteiger partial charge in [0.05, 0.1) is 18.6 Å². The van der Waals surface area contributed by atoms with E-state index in [2.05, 4.69) is 4.98 Å². The minimum absolute atomic E-state index is 0.0118. The van der Waals surface area contributed by atoms with Crippen LogP contribution in [0.3, 0.4) is 0 Å². The molecule has 6 nitrogen and oxygen atoms in total. The summed E-state index contributed by atoms with van der Waals surface area (Å²) in [6.07, 6.45) is 7.01. The second kappa shape index (κ2) is 6.59. The van der Waals surface area contributed by atoms with Crippen LogP contribution in [0.2, 0.25) is 0 Å². The third-order valence-corrected chi connectivity index (χ3v) is 5.26. The Morgan fingerprint density at radius 1 is 1.23 bits per heavy atom. The van der Waals surface area contributed by atoms with Crippen LogP contribution in [-0.2, 0) is 14.3 Å². The molecule has 2 aromatic rings. The molecule has 0 saturated heterocycles. The van der Waals surface area contributed by atoms with Crippen molar-refractivity contribution in [3.8, 4) is 0 Å². The maximum Gasteiger partial charge on any atom is 0.357 e. The van der Waals surface area contributed by atoms with Gasteiger partial charge in [0.25, 0.3) is 0 Å². The summed E-state index contributed by atoms with van der Waals surface area (Å²) in [6, 6.07) is 9.78. The molecule has 2 aliphatic carbocycles. The highest BCUT2D eigenvalue weighted by Gasteiger charge is 2.56. The summed E-state index contributed by atoms with van der Waals surface area (Å²) < 4.78 is 12.8. The first kappa shape index (κ1) is 16.8. The zero-order valence-corrected chi connectivity index (χ0v) is 14.8. The van der Waals surface area contributed by atoms with Crippen molar-refractivity contribution in [3.63, 3.8) is 0 Å². The van der Waals surface area contributed by atoms with Crippen LogP contribution < -0.4 is 0 Å². The third-order valence-electron chi connectivity index (χ3n) is 5.26. The van der Waals surface area contributed by atoms with Crippen LogP contribution in [-0.4, -0.2) is 33.2 Å². The number of esters is 2. The zero-order valence-electron chi connectivity index (χ0n) is 14.8. The number of imidazole rings is 1. The highest BCUT2D eigenvalue weighted by molar-refractivity contribution is 5.92. The summed E-state index contributed by atoms with van der Waals surface area (Å²) in [7, 11) is 0. The van der Waals surface area contributed by atoms with E-state index >= 15 is 0 Å². The van der Waals surface area contributed by atoms with Gasteiger partial charge >= 0.3 is 11.9 Å². The molecule has 4 rings (SSSR count). The molecule has 0 bridgehead atoms. The normalized spacial score (nSPS) is 19.3. The summed E-state index contributed by atoms with van der Waals surface area (Å²) in [5.41, 5.74) is 0.298. The van der Waals surface area contributed by atoms with E-state index < -0.39 is 17.5 Å². The van der Waals surface area contributed by atoms with Crippen LogP contribution in [0, 0.1) is 0 Å². The molecule has 1 heterocycles. The van der Waals surface area contributed by atoms with Gasteiger partial charge in [0.1, 0.15) is 11.8 Å². The summed E-state index contributed by atoms with van der Waals surface area (Å²) in [5, 5.41) is 0. The largest absolute Gasteiger partial charge is 0.459 e. The highest BCUT2D eigenvalue weighted by Crippen LogP contribution is 2.42. The van der Waals surface area contributed by atoms with E-state index in [0.717, 1.165) is 24.8 Å². The molecule has 2 fully saturated rings. The smallest absolute Gasteiger partial charge is 0.357 e. The molecule has 6 heteroatoms. The molecule has 0 aliphatic heterocycles. The standard InChI is InChI=1S/C20H22N2O4/c1-14(15-6-3-2-4-7-15)22-13-21-12-17(22)18(23)26-20(10-11-20)19(24)25-16-8-5-9-16/h2-4,6-7,12-14,16H,5,8-11H2,1H3/t14-/m1/s1. The summed E-state index contributed by atoms with van der Waals surface area (Å²) >= 11 is 0. The molecule has 1 aromatic heterocycles. The van der Waals surface area contributed by atoms with Crippen LogP contribution in [0.25, 0.3) is 0 Å². The fraction of sp³-hybridized carbons (Fsp3) is 0.450. The fourth-order valence-corrected chi connectivity index (χ4v) is 3.10. The molecular weight excluding hydrogens is 332 g/mol. The first-order valence-electron chi connectivity index (χ1n) is 9.10. The number of hydrogen-bond acceptors (Lipinski definition) is 5. The van der Waals surface area contributed by atoms with Gasteiger partial charge in [-0.15, -0.1) is 0 Å². The number of rotatable bonds is 6. The minimum atomic E-state index is -1.10. The van der Waals surface area contributed by atoms with Gasteiger partial charge in [-0.1, -0.05) is 30.3 Å². The van der Waals surface area contributed by atoms with E-state index in [-0.39, 0.29) is 12.1 Å². The lowest BCUT2D eigenvalue weighted by atomic mass is 9.96. The molecule has 0 N–H and O–H groups in total. The van der Waals surface area contributed by atoms with Gasteiger partial charge in [-0.05, 0) is 31.7 Å². The molecule has 2 aliphatic rings. The average molecular weight is 354 g/mol. The molecule has 136 valence electrons. The number of benzene rings is 1. The van der Waals surface area contributed by atoms with Crippen molar-refractivity contribution in [2.24, 2.45) is 0 Å². The molecule has 0 unspecified atom stereocenters. The first-order chi connectivity index (χ1) is 12.6. The van der Waals surface area contributed by atoms with Crippen LogP contribution in [0.1, 0.15) is 61.1 Å². The SMILES string of the molecule is C[C@H](c1ccccc1)n1cncc1C(=O)OC1(C(=O)OC2CCC2)CC1. The minimum Gasteiger partial charge on any atom is -0.459 e. The summed E-state index contributed by atoms with van der Waals surface area (Å²) in [5.74, 6) is -0.939. The van der Waals surface area contributed by atoms with Gasteiger partial charge in [0, 0.05) is 12.8 Å². The Bertz CT molecular complexity index is 806. The number of ether oxygens (including phenoxy) is 2. The third kappa shape index (κ3) is 3.11. The quantitative estimate of drug-likeness (QED) is 0.745. The van der Waals surface area contributed by atoms with Crippen LogP contribution >= 0.6 is 0 Å². The lowest BCUT2D eigenvalue weighted by molar-refractivity contribution is -0.166. The Kier molecular flexibility index (Phi) is 4.26. The Morgan fingerprint density at radius 3 is 2.58 bits per heavy atom. The van der Waals surface area contributed by atoms with Crippen LogP contribution in [0.15, 0.2) is 42.9 Å². The van der Waals surface area contributed by atoms with Gasteiger partial charge in [-0.25, -0.2) is 14.6 Å². The molecule has 0 radical (unpaired) electrons. The van der Waals surface area contributed by atoms with Crippen molar-refractivity contribution < 1.29 is 19.1 Å². The van der Waals surface area contributed by atoms with Crippen molar-refractivity contribution >= 4 is 11.9 Å². The van der Waals surface area contributed by atoms with Gasteiger partial charge < -0.3 is 14.0 Å². The topological polar surface area (TPSA) is 70.4 Å². The molecule has 1 atom stereocenters. The average Bonchev–Trinajstić information content (AvgIpc) is 3.23. The number of carbonyl (C=O) groups is 2. The van der Waals surface area contributed by atoms with Crippen molar-refractivity contribution in [1.29, 1.82) is 0 Å². The lowest BCUT2D eigenvalue weighted by Crippen LogP contribution is -2.36. The van der Waals surface area contributed by atoms with E-state index in [1.807, 2.05) is 37.3 Å². The highest BCUT2D eigenvalue weighted by atomic mass is 16.6. The second-order valence-corrected chi connectivity index (χ2v) is 7.11. The van der Waals surface area contributed by atoms with Crippen molar-refractivity contribution in [1.82, 2.24) is 9.55 Å². The Balaban J connectivity index is 1.47. The molecule has 0 amide bonds. The lowest BCUT2D eigenvalue weighted by Gasteiger charge is -2.27. The molecule has 0 spiro atoms. The molecule has 26 heavy (non-hydrogen) atoms. The first-order valence-corrected chi connectivity index (χ1v) is 9.10. The Labute approximate surface area is 152 Å².